The zero-order chi connectivity index (χ0) is 19.4. The third-order valence-electron chi connectivity index (χ3n) is 3.96. The molecule has 1 amide bonds. The number of halogens is 2. The SMILES string of the molecule is C=C(c1ccccc1Cl)c1cc([N+](=O)[O-])c(C)cc1NC(=O)C(F)CC. The number of aryl methyl sites for hydroxylation is 1. The maximum atomic E-state index is 13.7. The fraction of sp³-hybridized carbons (Fsp3) is 0.211. The molecular weight excluding hydrogens is 359 g/mol. The van der Waals surface area contributed by atoms with Gasteiger partial charge in [-0.2, -0.15) is 0 Å². The molecule has 0 saturated heterocycles. The summed E-state index contributed by atoms with van der Waals surface area (Å²) in [5, 5.41) is 14.2. The zero-order valence-corrected chi connectivity index (χ0v) is 15.1. The van der Waals surface area contributed by atoms with Crippen LogP contribution in [0.15, 0.2) is 43.0 Å². The maximum absolute atomic E-state index is 13.7. The highest BCUT2D eigenvalue weighted by Crippen LogP contribution is 2.36. The van der Waals surface area contributed by atoms with Gasteiger partial charge >= 0.3 is 0 Å². The van der Waals surface area contributed by atoms with Crippen LogP contribution in [-0.2, 0) is 4.79 Å². The zero-order valence-electron chi connectivity index (χ0n) is 14.4. The fourth-order valence-electron chi connectivity index (χ4n) is 2.49. The molecule has 0 fully saturated rings. The number of alkyl halides is 1. The summed E-state index contributed by atoms with van der Waals surface area (Å²) in [6.45, 7) is 7.06. The maximum Gasteiger partial charge on any atom is 0.273 e. The lowest BCUT2D eigenvalue weighted by molar-refractivity contribution is -0.385. The van der Waals surface area contributed by atoms with Crippen LogP contribution in [0, 0.1) is 17.0 Å². The summed E-state index contributed by atoms with van der Waals surface area (Å²) in [6, 6.07) is 9.63. The minimum absolute atomic E-state index is 0.0264. The molecule has 0 aliphatic carbocycles. The van der Waals surface area contributed by atoms with Gasteiger partial charge in [0.2, 0.25) is 0 Å². The Morgan fingerprint density at radius 1 is 1.35 bits per heavy atom. The van der Waals surface area contributed by atoms with Crippen molar-refractivity contribution in [3.8, 4) is 0 Å². The van der Waals surface area contributed by atoms with Gasteiger partial charge in [-0.1, -0.05) is 43.3 Å². The van der Waals surface area contributed by atoms with Crippen LogP contribution in [0.25, 0.3) is 5.57 Å². The van der Waals surface area contributed by atoms with Crippen LogP contribution in [-0.4, -0.2) is 17.0 Å². The van der Waals surface area contributed by atoms with Gasteiger partial charge in [-0.15, -0.1) is 0 Å². The Bertz CT molecular complexity index is 883. The van der Waals surface area contributed by atoms with Crippen LogP contribution in [0.1, 0.15) is 30.0 Å². The number of nitrogens with one attached hydrogen (secondary N) is 1. The highest BCUT2D eigenvalue weighted by Gasteiger charge is 2.22. The standard InChI is InChI=1S/C19H18ClFN2O3/c1-4-16(21)19(24)22-17-9-11(2)18(23(25)26)10-14(17)12(3)13-7-5-6-8-15(13)20/h5-10,16H,3-4H2,1-2H3,(H,22,24). The fourth-order valence-corrected chi connectivity index (χ4v) is 2.74. The van der Waals surface area contributed by atoms with E-state index in [1.54, 1.807) is 38.1 Å². The van der Waals surface area contributed by atoms with Crippen molar-refractivity contribution < 1.29 is 14.1 Å². The number of carbonyl (C=O) groups is 1. The molecule has 5 nitrogen and oxygen atoms in total. The second-order valence-corrected chi connectivity index (χ2v) is 6.17. The summed E-state index contributed by atoms with van der Waals surface area (Å²) in [4.78, 5) is 22.7. The lowest BCUT2D eigenvalue weighted by Crippen LogP contribution is -2.24. The van der Waals surface area contributed by atoms with Gasteiger partial charge in [0.15, 0.2) is 6.17 Å². The summed E-state index contributed by atoms with van der Waals surface area (Å²) < 4.78 is 13.7. The Balaban J connectivity index is 2.59. The predicted octanol–water partition coefficient (Wildman–Crippen LogP) is 5.30. The van der Waals surface area contributed by atoms with Gasteiger partial charge in [0.05, 0.1) is 4.92 Å². The van der Waals surface area contributed by atoms with Crippen LogP contribution >= 0.6 is 11.6 Å². The van der Waals surface area contributed by atoms with Gasteiger partial charge in [-0.3, -0.25) is 14.9 Å². The number of amides is 1. The van der Waals surface area contributed by atoms with Crippen molar-refractivity contribution in [2.75, 3.05) is 5.32 Å². The Hall–Kier alpha value is -2.73. The molecule has 0 bridgehead atoms. The van der Waals surface area contributed by atoms with Gasteiger partial charge < -0.3 is 5.32 Å². The topological polar surface area (TPSA) is 72.2 Å². The number of hydrogen-bond acceptors (Lipinski definition) is 3. The van der Waals surface area contributed by atoms with Crippen LogP contribution in [0.4, 0.5) is 15.8 Å². The Labute approximate surface area is 155 Å². The quantitative estimate of drug-likeness (QED) is 0.548. The van der Waals surface area contributed by atoms with Crippen molar-refractivity contribution in [1.82, 2.24) is 0 Å². The number of carbonyl (C=O) groups excluding carboxylic acids is 1. The number of hydrogen-bond donors (Lipinski definition) is 1. The molecule has 136 valence electrons. The second kappa shape index (κ2) is 8.10. The number of nitro groups is 1. The summed E-state index contributed by atoms with van der Waals surface area (Å²) >= 11 is 6.19. The van der Waals surface area contributed by atoms with Crippen LogP contribution in [0.2, 0.25) is 5.02 Å². The van der Waals surface area contributed by atoms with E-state index in [1.165, 1.54) is 12.1 Å². The molecule has 1 unspecified atom stereocenters. The molecule has 0 aromatic heterocycles. The average molecular weight is 377 g/mol. The number of rotatable bonds is 6. The third-order valence-corrected chi connectivity index (χ3v) is 4.29. The van der Waals surface area contributed by atoms with Crippen LogP contribution in [0.5, 0.6) is 0 Å². The van der Waals surface area contributed by atoms with Crippen LogP contribution < -0.4 is 5.32 Å². The highest BCUT2D eigenvalue weighted by molar-refractivity contribution is 6.32. The largest absolute Gasteiger partial charge is 0.323 e. The van der Waals surface area contributed by atoms with E-state index in [2.05, 4.69) is 11.9 Å². The molecule has 2 aromatic carbocycles. The van der Waals surface area contributed by atoms with Gasteiger partial charge in [0, 0.05) is 33.5 Å². The summed E-state index contributed by atoms with van der Waals surface area (Å²) in [5.41, 5.74) is 1.73. The first kappa shape index (κ1) is 19.6. The Kier molecular flexibility index (Phi) is 6.10. The molecule has 1 N–H and O–H groups in total. The van der Waals surface area contributed by atoms with E-state index in [9.17, 15) is 19.3 Å². The molecule has 2 aromatic rings. The van der Waals surface area contributed by atoms with E-state index in [4.69, 9.17) is 11.6 Å². The van der Waals surface area contributed by atoms with Crippen molar-refractivity contribution in [2.24, 2.45) is 0 Å². The van der Waals surface area contributed by atoms with Gasteiger partial charge in [0.25, 0.3) is 11.6 Å². The van der Waals surface area contributed by atoms with E-state index < -0.39 is 17.0 Å². The summed E-state index contributed by atoms with van der Waals surface area (Å²) in [7, 11) is 0. The third kappa shape index (κ3) is 4.08. The molecule has 0 saturated carbocycles. The lowest BCUT2D eigenvalue weighted by atomic mass is 9.95. The van der Waals surface area contributed by atoms with Gasteiger partial charge in [-0.05, 0) is 31.1 Å². The minimum atomic E-state index is -1.67. The van der Waals surface area contributed by atoms with Crippen molar-refractivity contribution in [3.63, 3.8) is 0 Å². The second-order valence-electron chi connectivity index (χ2n) is 5.76. The Morgan fingerprint density at radius 3 is 2.58 bits per heavy atom. The molecule has 0 aliphatic rings. The highest BCUT2D eigenvalue weighted by atomic mass is 35.5. The molecule has 1 atom stereocenters. The van der Waals surface area contributed by atoms with Crippen molar-refractivity contribution in [3.05, 3.63) is 74.8 Å². The van der Waals surface area contributed by atoms with Gasteiger partial charge in [0.1, 0.15) is 0 Å². The smallest absolute Gasteiger partial charge is 0.273 e. The first-order valence-corrected chi connectivity index (χ1v) is 8.32. The van der Waals surface area contributed by atoms with Gasteiger partial charge in [-0.25, -0.2) is 4.39 Å². The first-order chi connectivity index (χ1) is 12.3. The molecule has 7 heteroatoms. The summed E-state index contributed by atoms with van der Waals surface area (Å²) in [6.07, 6.45) is -1.65. The number of nitrogens with zero attached hydrogens (tertiary/aromatic N) is 1. The van der Waals surface area contributed by atoms with Crippen molar-refractivity contribution >= 4 is 34.5 Å². The first-order valence-electron chi connectivity index (χ1n) is 7.94. The van der Waals surface area contributed by atoms with E-state index in [0.29, 0.717) is 27.3 Å². The van der Waals surface area contributed by atoms with Crippen LogP contribution in [0.3, 0.4) is 0 Å². The number of anilines is 1. The minimum Gasteiger partial charge on any atom is -0.323 e. The predicted molar refractivity (Wildman–Crippen MR) is 101 cm³/mol. The average Bonchev–Trinajstić information content (AvgIpc) is 2.60. The number of benzene rings is 2. The van der Waals surface area contributed by atoms with E-state index in [-0.39, 0.29) is 17.8 Å². The molecule has 26 heavy (non-hydrogen) atoms. The molecule has 0 radical (unpaired) electrons. The van der Waals surface area contributed by atoms with E-state index in [0.717, 1.165) is 0 Å². The van der Waals surface area contributed by atoms with Crippen molar-refractivity contribution in [1.29, 1.82) is 0 Å². The molecular formula is C19H18ClFN2O3. The lowest BCUT2D eigenvalue weighted by Gasteiger charge is -2.16. The number of nitro benzene ring substituents is 1. The summed E-state index contributed by atoms with van der Waals surface area (Å²) in [5.74, 6) is -0.811. The molecule has 2 rings (SSSR count). The molecule has 0 spiro atoms. The molecule has 0 heterocycles. The molecule has 0 aliphatic heterocycles. The normalized spacial score (nSPS) is 11.7. The monoisotopic (exact) mass is 376 g/mol. The Morgan fingerprint density at radius 2 is 2.00 bits per heavy atom. The van der Waals surface area contributed by atoms with Crippen molar-refractivity contribution in [2.45, 2.75) is 26.4 Å². The van der Waals surface area contributed by atoms with E-state index in [1.807, 2.05) is 0 Å². The van der Waals surface area contributed by atoms with E-state index >= 15 is 0 Å².